The largest absolute Gasteiger partial charge is 0.353 e. The lowest BCUT2D eigenvalue weighted by molar-refractivity contribution is -0.140. The highest BCUT2D eigenvalue weighted by molar-refractivity contribution is 5.85. The first-order valence-electron chi connectivity index (χ1n) is 6.87. The summed E-state index contributed by atoms with van der Waals surface area (Å²) in [7, 11) is 0. The Kier molecular flexibility index (Phi) is 1.89. The van der Waals surface area contributed by atoms with Crippen molar-refractivity contribution < 1.29 is 13.6 Å². The molecule has 1 spiro atoms. The van der Waals surface area contributed by atoms with E-state index in [-0.39, 0.29) is 23.8 Å². The van der Waals surface area contributed by atoms with E-state index in [9.17, 15) is 13.6 Å². The number of amides is 1. The number of alkyl halides is 2. The molecule has 0 radical (unpaired) electrons. The van der Waals surface area contributed by atoms with Gasteiger partial charge in [-0.1, -0.05) is 0 Å². The summed E-state index contributed by atoms with van der Waals surface area (Å²) in [6.07, 6.45) is 3.04. The molecule has 4 fully saturated rings. The van der Waals surface area contributed by atoms with E-state index in [1.165, 1.54) is 0 Å². The molecule has 3 aliphatic carbocycles. The molecule has 3 saturated carbocycles. The Morgan fingerprint density at radius 1 is 1.33 bits per heavy atom. The Morgan fingerprint density at radius 2 is 2.06 bits per heavy atom. The SMILES string of the molecule is O=C(NC1CC2(C1)CC2(F)F)[C@]12CC[C@H]1CNC2. The van der Waals surface area contributed by atoms with Crippen LogP contribution in [0.3, 0.4) is 0 Å². The van der Waals surface area contributed by atoms with Gasteiger partial charge >= 0.3 is 0 Å². The van der Waals surface area contributed by atoms with Crippen molar-refractivity contribution in [2.45, 2.75) is 44.1 Å². The first-order chi connectivity index (χ1) is 8.48. The van der Waals surface area contributed by atoms with Gasteiger partial charge in [-0.25, -0.2) is 8.78 Å². The number of nitrogens with one attached hydrogen (secondary N) is 2. The molecule has 1 amide bonds. The summed E-state index contributed by atoms with van der Waals surface area (Å²) in [6, 6.07) is -0.0119. The molecule has 0 aromatic rings. The highest BCUT2D eigenvalue weighted by atomic mass is 19.3. The number of hydrogen-bond donors (Lipinski definition) is 2. The maximum absolute atomic E-state index is 13.1. The molecule has 0 unspecified atom stereocenters. The first-order valence-corrected chi connectivity index (χ1v) is 6.87. The fourth-order valence-electron chi connectivity index (χ4n) is 4.21. The van der Waals surface area contributed by atoms with E-state index in [0.717, 1.165) is 25.9 Å². The Labute approximate surface area is 105 Å². The van der Waals surface area contributed by atoms with Crippen LogP contribution < -0.4 is 10.6 Å². The first kappa shape index (κ1) is 11.1. The molecule has 0 aromatic carbocycles. The third kappa shape index (κ3) is 1.19. The molecule has 3 nitrogen and oxygen atoms in total. The topological polar surface area (TPSA) is 41.1 Å². The molecule has 18 heavy (non-hydrogen) atoms. The van der Waals surface area contributed by atoms with Crippen molar-refractivity contribution in [2.24, 2.45) is 16.7 Å². The molecule has 0 bridgehead atoms. The van der Waals surface area contributed by atoms with Gasteiger partial charge in [0, 0.05) is 24.4 Å². The quantitative estimate of drug-likeness (QED) is 0.781. The average Bonchev–Trinajstić information content (AvgIpc) is 2.66. The van der Waals surface area contributed by atoms with Crippen LogP contribution in [0.4, 0.5) is 8.78 Å². The molecule has 4 aliphatic rings. The minimum Gasteiger partial charge on any atom is -0.353 e. The summed E-state index contributed by atoms with van der Waals surface area (Å²) < 4.78 is 26.1. The summed E-state index contributed by atoms with van der Waals surface area (Å²) in [5.41, 5.74) is -0.954. The van der Waals surface area contributed by atoms with Gasteiger partial charge in [0.2, 0.25) is 5.91 Å². The standard InChI is InChI=1S/C13H18F2N2O/c14-13(15)6-11(13)3-9(4-11)17-10(18)12-2-1-8(12)5-16-7-12/h8-9,16H,1-7H2,(H,17,18)/t8-,9?,11?,12-/m0/s1. The van der Waals surface area contributed by atoms with E-state index in [2.05, 4.69) is 10.6 Å². The third-order valence-corrected chi connectivity index (χ3v) is 5.82. The molecule has 2 N–H and O–H groups in total. The van der Waals surface area contributed by atoms with Gasteiger partial charge in [0.25, 0.3) is 5.92 Å². The van der Waals surface area contributed by atoms with Crippen LogP contribution in [-0.4, -0.2) is 31.0 Å². The number of rotatable bonds is 2. The second kappa shape index (κ2) is 3.06. The van der Waals surface area contributed by atoms with Crippen LogP contribution in [0.1, 0.15) is 32.1 Å². The maximum atomic E-state index is 13.1. The van der Waals surface area contributed by atoms with Gasteiger partial charge in [-0.3, -0.25) is 4.79 Å². The lowest BCUT2D eigenvalue weighted by Crippen LogP contribution is -2.57. The lowest BCUT2D eigenvalue weighted by atomic mass is 9.61. The van der Waals surface area contributed by atoms with Crippen molar-refractivity contribution in [3.8, 4) is 0 Å². The van der Waals surface area contributed by atoms with Gasteiger partial charge in [-0.2, -0.15) is 0 Å². The zero-order valence-corrected chi connectivity index (χ0v) is 10.3. The highest BCUT2D eigenvalue weighted by Crippen LogP contribution is 2.71. The smallest absolute Gasteiger partial charge is 0.254 e. The van der Waals surface area contributed by atoms with Crippen LogP contribution in [0.2, 0.25) is 0 Å². The molecule has 2 atom stereocenters. The molecule has 4 rings (SSSR count). The minimum absolute atomic E-state index is 0.0119. The van der Waals surface area contributed by atoms with E-state index in [1.807, 2.05) is 0 Å². The Hall–Kier alpha value is -0.710. The number of carbonyl (C=O) groups is 1. The Balaban J connectivity index is 1.36. The predicted octanol–water partition coefficient (Wildman–Crippen LogP) is 1.29. The summed E-state index contributed by atoms with van der Waals surface area (Å²) in [5, 5.41) is 6.28. The maximum Gasteiger partial charge on any atom is 0.254 e. The predicted molar refractivity (Wildman–Crippen MR) is 61.2 cm³/mol. The molecular formula is C13H18F2N2O. The summed E-state index contributed by atoms with van der Waals surface area (Å²) in [4.78, 5) is 12.3. The average molecular weight is 256 g/mol. The molecule has 1 heterocycles. The number of halogens is 2. The molecule has 0 aromatic heterocycles. The summed E-state index contributed by atoms with van der Waals surface area (Å²) >= 11 is 0. The monoisotopic (exact) mass is 256 g/mol. The van der Waals surface area contributed by atoms with Gasteiger partial charge < -0.3 is 10.6 Å². The van der Waals surface area contributed by atoms with Crippen molar-refractivity contribution in [1.82, 2.24) is 10.6 Å². The minimum atomic E-state index is -2.46. The second-order valence-corrected chi connectivity index (χ2v) is 6.76. The fourth-order valence-corrected chi connectivity index (χ4v) is 4.21. The highest BCUT2D eigenvalue weighted by Gasteiger charge is 2.75. The number of fused-ring (bicyclic) bond motifs is 1. The van der Waals surface area contributed by atoms with Crippen molar-refractivity contribution in [2.75, 3.05) is 13.1 Å². The van der Waals surface area contributed by atoms with Crippen LogP contribution in [0.25, 0.3) is 0 Å². The molecule has 1 saturated heterocycles. The summed E-state index contributed by atoms with van der Waals surface area (Å²) in [5.74, 6) is -1.89. The van der Waals surface area contributed by atoms with Crippen LogP contribution in [0.5, 0.6) is 0 Å². The van der Waals surface area contributed by atoms with Crippen molar-refractivity contribution in [3.63, 3.8) is 0 Å². The summed E-state index contributed by atoms with van der Waals surface area (Å²) in [6.45, 7) is 1.69. The van der Waals surface area contributed by atoms with E-state index in [1.54, 1.807) is 0 Å². The van der Waals surface area contributed by atoms with Crippen molar-refractivity contribution in [3.05, 3.63) is 0 Å². The Morgan fingerprint density at radius 3 is 2.56 bits per heavy atom. The van der Waals surface area contributed by atoms with Gasteiger partial charge in [0.1, 0.15) is 0 Å². The van der Waals surface area contributed by atoms with Crippen LogP contribution in [-0.2, 0) is 4.79 Å². The lowest BCUT2D eigenvalue weighted by Gasteiger charge is -2.45. The zero-order chi connectivity index (χ0) is 12.6. The second-order valence-electron chi connectivity index (χ2n) is 6.76. The van der Waals surface area contributed by atoms with E-state index < -0.39 is 11.3 Å². The fraction of sp³-hybridized carbons (Fsp3) is 0.923. The molecule has 100 valence electrons. The molecule has 1 aliphatic heterocycles. The molecular weight excluding hydrogens is 238 g/mol. The van der Waals surface area contributed by atoms with Crippen molar-refractivity contribution in [1.29, 1.82) is 0 Å². The number of carbonyl (C=O) groups excluding carboxylic acids is 1. The third-order valence-electron chi connectivity index (χ3n) is 5.82. The van der Waals surface area contributed by atoms with Gasteiger partial charge in [0.15, 0.2) is 0 Å². The van der Waals surface area contributed by atoms with Gasteiger partial charge in [0.05, 0.1) is 5.41 Å². The van der Waals surface area contributed by atoms with E-state index >= 15 is 0 Å². The van der Waals surface area contributed by atoms with Crippen LogP contribution in [0.15, 0.2) is 0 Å². The van der Waals surface area contributed by atoms with Crippen LogP contribution >= 0.6 is 0 Å². The van der Waals surface area contributed by atoms with Crippen molar-refractivity contribution >= 4 is 5.91 Å². The normalized spacial score (nSPS) is 51.2. The molecule has 5 heteroatoms. The van der Waals surface area contributed by atoms with Gasteiger partial charge in [-0.15, -0.1) is 0 Å². The number of hydrogen-bond acceptors (Lipinski definition) is 2. The van der Waals surface area contributed by atoms with Gasteiger partial charge in [-0.05, 0) is 38.1 Å². The van der Waals surface area contributed by atoms with E-state index in [4.69, 9.17) is 0 Å². The van der Waals surface area contributed by atoms with E-state index in [0.29, 0.717) is 18.8 Å². The zero-order valence-electron chi connectivity index (χ0n) is 10.3. The van der Waals surface area contributed by atoms with Crippen LogP contribution in [0, 0.1) is 16.7 Å². The Bertz CT molecular complexity index is 419.